The average molecular weight is 960 g/mol. The van der Waals surface area contributed by atoms with Crippen molar-refractivity contribution in [2.24, 2.45) is 0 Å². The summed E-state index contributed by atoms with van der Waals surface area (Å²) in [6.45, 7) is 0.589. The first-order valence-electron chi connectivity index (χ1n) is 23.0. The topological polar surface area (TPSA) is 190 Å². The Labute approximate surface area is 402 Å². The SMILES string of the molecule is COC(=O)N[C@H](C(=O)N1CCCC1C(=O)Nc1ccc([C@H]2CC[C@H](c3ccc(NC(=O)[C@@H]4CCCN4C(=O)[C@@H](NC(=O)O)c4ccccc4)cc3)N2c2ccc(C(F)(F)F)cc2)cc1)c1ccccc1. The maximum atomic E-state index is 13.9. The van der Waals surface area contributed by atoms with Crippen molar-refractivity contribution < 1.29 is 51.8 Å². The quantitative estimate of drug-likeness (QED) is 0.0769. The summed E-state index contributed by atoms with van der Waals surface area (Å²) in [5.74, 6) is -1.80. The standard InChI is InChI=1S/C52H52F3N7O8/c1-70-51(69)59-45(35-12-6-3-7-13-35)49(66)61-31-9-15-43(61)47(64)57-38-24-18-33(19-25-38)41-29-28-40(62(41)39-26-20-36(21-27-39)52(53,54)55)32-16-22-37(23-17-32)56-46(63)42-14-8-30-60(42)48(65)44(58-50(67)68)34-10-4-2-5-11-34/h2-7,10-13,16-27,40-45,58H,8-9,14-15,28-31H2,1H3,(H,56,63)(H,57,64)(H,59,69)(H,67,68)/t40-,41-,42+,43?,44+,45+/m1/s1. The normalized spacial score (nSPS) is 19.7. The van der Waals surface area contributed by atoms with Crippen LogP contribution in [0.25, 0.3) is 0 Å². The van der Waals surface area contributed by atoms with E-state index in [0.29, 0.717) is 73.3 Å². The van der Waals surface area contributed by atoms with Gasteiger partial charge in [-0.2, -0.15) is 13.2 Å². The molecule has 0 aromatic heterocycles. The lowest BCUT2D eigenvalue weighted by Crippen LogP contribution is -2.48. The third-order valence-corrected chi connectivity index (χ3v) is 13.2. The molecule has 3 heterocycles. The fraction of sp³-hybridized carbons (Fsp3) is 0.308. The van der Waals surface area contributed by atoms with Gasteiger partial charge in [-0.25, -0.2) is 9.59 Å². The van der Waals surface area contributed by atoms with E-state index < -0.39 is 71.7 Å². The number of likely N-dealkylation sites (tertiary alicyclic amines) is 2. The van der Waals surface area contributed by atoms with E-state index in [1.54, 1.807) is 84.9 Å². The van der Waals surface area contributed by atoms with E-state index in [-0.39, 0.29) is 18.6 Å². The molecule has 18 heteroatoms. The number of carbonyl (C=O) groups excluding carboxylic acids is 5. The monoisotopic (exact) mass is 959 g/mol. The molecule has 15 nitrogen and oxygen atoms in total. The van der Waals surface area contributed by atoms with E-state index >= 15 is 0 Å². The van der Waals surface area contributed by atoms with Crippen LogP contribution in [-0.2, 0) is 30.1 Å². The number of halogens is 3. The molecular weight excluding hydrogens is 908 g/mol. The fourth-order valence-electron chi connectivity index (χ4n) is 9.78. The lowest BCUT2D eigenvalue weighted by atomic mass is 10.0. The van der Waals surface area contributed by atoms with Gasteiger partial charge in [0.15, 0.2) is 0 Å². The minimum Gasteiger partial charge on any atom is -0.465 e. The van der Waals surface area contributed by atoms with Crippen LogP contribution in [0.15, 0.2) is 133 Å². The zero-order valence-corrected chi connectivity index (χ0v) is 38.1. The highest BCUT2D eigenvalue weighted by Crippen LogP contribution is 2.48. The highest BCUT2D eigenvalue weighted by Gasteiger charge is 2.41. The number of carboxylic acid groups (broad SMARTS) is 1. The van der Waals surface area contributed by atoms with Crippen molar-refractivity contribution in [1.82, 2.24) is 20.4 Å². The summed E-state index contributed by atoms with van der Waals surface area (Å²) in [4.78, 5) is 84.0. The Morgan fingerprint density at radius 1 is 0.586 bits per heavy atom. The van der Waals surface area contributed by atoms with Crippen molar-refractivity contribution in [2.45, 2.75) is 81.0 Å². The van der Waals surface area contributed by atoms with Gasteiger partial charge in [-0.15, -0.1) is 0 Å². The molecule has 0 aliphatic carbocycles. The molecule has 0 radical (unpaired) electrons. The largest absolute Gasteiger partial charge is 0.465 e. The third kappa shape index (κ3) is 10.9. The second-order valence-corrected chi connectivity index (χ2v) is 17.4. The van der Waals surface area contributed by atoms with E-state index in [2.05, 4.69) is 26.2 Å². The maximum absolute atomic E-state index is 13.9. The van der Waals surface area contributed by atoms with Gasteiger partial charge >= 0.3 is 18.4 Å². The smallest absolute Gasteiger partial charge is 0.416 e. The van der Waals surface area contributed by atoms with Gasteiger partial charge in [0.2, 0.25) is 11.8 Å². The molecule has 3 fully saturated rings. The second kappa shape index (κ2) is 21.2. The number of hydrogen-bond donors (Lipinski definition) is 5. The number of anilines is 3. The van der Waals surface area contributed by atoms with Crippen LogP contribution in [0.1, 0.15) is 90.5 Å². The summed E-state index contributed by atoms with van der Waals surface area (Å²) in [7, 11) is 1.20. The number of benzene rings is 5. The van der Waals surface area contributed by atoms with Gasteiger partial charge < -0.3 is 45.8 Å². The first-order chi connectivity index (χ1) is 33.7. The minimum absolute atomic E-state index is 0.275. The van der Waals surface area contributed by atoms with Crippen LogP contribution in [0.3, 0.4) is 0 Å². The molecule has 0 bridgehead atoms. The molecule has 3 aliphatic rings. The second-order valence-electron chi connectivity index (χ2n) is 17.4. The van der Waals surface area contributed by atoms with Crippen LogP contribution in [0.2, 0.25) is 0 Å². The Morgan fingerprint density at radius 3 is 1.41 bits per heavy atom. The fourth-order valence-corrected chi connectivity index (χ4v) is 9.78. The summed E-state index contributed by atoms with van der Waals surface area (Å²) >= 11 is 0. The Morgan fingerprint density at radius 2 is 1.01 bits per heavy atom. The number of methoxy groups -OCH3 is 1. The van der Waals surface area contributed by atoms with Crippen molar-refractivity contribution in [3.05, 3.63) is 161 Å². The van der Waals surface area contributed by atoms with E-state index in [1.165, 1.54) is 29.0 Å². The van der Waals surface area contributed by atoms with Gasteiger partial charge in [-0.3, -0.25) is 19.2 Å². The molecular formula is C52H52F3N7O8. The number of nitrogens with zero attached hydrogens (tertiary/aromatic N) is 3. The average Bonchev–Trinajstić information content (AvgIpc) is 4.17. The van der Waals surface area contributed by atoms with Crippen LogP contribution < -0.4 is 26.2 Å². The summed E-state index contributed by atoms with van der Waals surface area (Å²) in [6.07, 6.45) is -3.51. The number of amides is 6. The molecule has 364 valence electrons. The summed E-state index contributed by atoms with van der Waals surface area (Å²) in [5.41, 5.74) is 3.41. The molecule has 70 heavy (non-hydrogen) atoms. The van der Waals surface area contributed by atoms with E-state index in [9.17, 15) is 47.0 Å². The molecule has 6 amide bonds. The predicted octanol–water partition coefficient (Wildman–Crippen LogP) is 8.75. The first kappa shape index (κ1) is 48.6. The number of hydrogen-bond acceptors (Lipinski definition) is 8. The molecule has 5 N–H and O–H groups in total. The lowest BCUT2D eigenvalue weighted by molar-refractivity contribution is -0.138. The Balaban J connectivity index is 0.967. The number of ether oxygens (including phenoxy) is 1. The molecule has 8 rings (SSSR count). The van der Waals surface area contributed by atoms with Crippen molar-refractivity contribution in [3.8, 4) is 0 Å². The minimum atomic E-state index is -4.53. The molecule has 1 unspecified atom stereocenters. The molecule has 0 saturated carbocycles. The van der Waals surface area contributed by atoms with Crippen LogP contribution in [0, 0.1) is 0 Å². The van der Waals surface area contributed by atoms with Crippen LogP contribution in [-0.4, -0.2) is 83.0 Å². The molecule has 3 saturated heterocycles. The van der Waals surface area contributed by atoms with Crippen molar-refractivity contribution in [1.29, 1.82) is 0 Å². The van der Waals surface area contributed by atoms with Crippen molar-refractivity contribution >= 4 is 52.9 Å². The number of nitrogens with one attached hydrogen (secondary N) is 4. The van der Waals surface area contributed by atoms with Crippen molar-refractivity contribution in [2.75, 3.05) is 35.7 Å². The third-order valence-electron chi connectivity index (χ3n) is 13.2. The van der Waals surface area contributed by atoms with Gasteiger partial charge in [0.05, 0.1) is 24.8 Å². The van der Waals surface area contributed by atoms with Gasteiger partial charge in [0, 0.05) is 30.2 Å². The van der Waals surface area contributed by atoms with E-state index in [0.717, 1.165) is 23.3 Å². The predicted molar refractivity (Wildman–Crippen MR) is 253 cm³/mol. The van der Waals surface area contributed by atoms with E-state index in [1.807, 2.05) is 24.3 Å². The summed E-state index contributed by atoms with van der Waals surface area (Å²) in [6, 6.07) is 32.1. The number of alkyl carbamates (subject to hydrolysis) is 1. The number of alkyl halides is 3. The summed E-state index contributed by atoms with van der Waals surface area (Å²) in [5, 5.41) is 20.2. The van der Waals surface area contributed by atoms with E-state index in [4.69, 9.17) is 4.74 Å². The van der Waals surface area contributed by atoms with Gasteiger partial charge in [0.1, 0.15) is 24.2 Å². The Hall–Kier alpha value is -7.89. The van der Waals surface area contributed by atoms with Crippen LogP contribution in [0.5, 0.6) is 0 Å². The zero-order chi connectivity index (χ0) is 49.5. The number of carbonyl (C=O) groups is 6. The lowest BCUT2D eigenvalue weighted by Gasteiger charge is -2.34. The van der Waals surface area contributed by atoms with Gasteiger partial charge in [0.25, 0.3) is 11.8 Å². The summed E-state index contributed by atoms with van der Waals surface area (Å²) < 4.78 is 45.9. The molecule has 3 aliphatic heterocycles. The first-order valence-corrected chi connectivity index (χ1v) is 23.0. The highest BCUT2D eigenvalue weighted by atomic mass is 19.4. The molecule has 6 atom stereocenters. The molecule has 5 aromatic carbocycles. The Kier molecular flexibility index (Phi) is 14.7. The van der Waals surface area contributed by atoms with Gasteiger partial charge in [-0.05, 0) is 109 Å². The zero-order valence-electron chi connectivity index (χ0n) is 38.1. The van der Waals surface area contributed by atoms with Crippen LogP contribution >= 0.6 is 0 Å². The highest BCUT2D eigenvalue weighted by molar-refractivity contribution is 6.00. The number of rotatable bonds is 13. The van der Waals surface area contributed by atoms with Crippen molar-refractivity contribution in [3.63, 3.8) is 0 Å². The molecule has 5 aromatic rings. The van der Waals surface area contributed by atoms with Crippen LogP contribution in [0.4, 0.5) is 39.8 Å². The Bertz CT molecular complexity index is 2680. The molecule has 0 spiro atoms. The van der Waals surface area contributed by atoms with Gasteiger partial charge in [-0.1, -0.05) is 84.9 Å². The maximum Gasteiger partial charge on any atom is 0.416 e.